The van der Waals surface area contributed by atoms with E-state index in [0.717, 1.165) is 18.5 Å². The van der Waals surface area contributed by atoms with Crippen LogP contribution in [0.1, 0.15) is 25.3 Å². The fourth-order valence-corrected chi connectivity index (χ4v) is 1.52. The summed E-state index contributed by atoms with van der Waals surface area (Å²) in [6, 6.07) is 7.56. The van der Waals surface area contributed by atoms with Crippen LogP contribution in [0, 0.1) is 11.3 Å². The van der Waals surface area contributed by atoms with Crippen molar-refractivity contribution in [2.75, 3.05) is 17.7 Å². The molecule has 0 amide bonds. The summed E-state index contributed by atoms with van der Waals surface area (Å²) >= 11 is 0. The Morgan fingerprint density at radius 1 is 1.56 bits per heavy atom. The molecule has 0 heterocycles. The van der Waals surface area contributed by atoms with Gasteiger partial charge in [0.15, 0.2) is 0 Å². The van der Waals surface area contributed by atoms with Gasteiger partial charge in [-0.3, -0.25) is 0 Å². The van der Waals surface area contributed by atoms with Crippen LogP contribution in [0.2, 0.25) is 0 Å². The number of nitrogens with one attached hydrogen (secondary N) is 1. The van der Waals surface area contributed by atoms with Gasteiger partial charge in [0.25, 0.3) is 0 Å². The van der Waals surface area contributed by atoms with Crippen molar-refractivity contribution in [1.82, 2.24) is 0 Å². The van der Waals surface area contributed by atoms with Crippen molar-refractivity contribution < 1.29 is 5.11 Å². The first-order chi connectivity index (χ1) is 7.67. The molecule has 0 spiro atoms. The molecule has 0 aliphatic rings. The highest BCUT2D eigenvalue weighted by Gasteiger charge is 2.06. The summed E-state index contributed by atoms with van der Waals surface area (Å²) in [5.74, 6) is 0. The molecule has 0 saturated heterocycles. The molecule has 0 aromatic heterocycles. The lowest BCUT2D eigenvalue weighted by Crippen LogP contribution is -2.16. The van der Waals surface area contributed by atoms with Gasteiger partial charge in [-0.1, -0.05) is 0 Å². The van der Waals surface area contributed by atoms with Crippen LogP contribution >= 0.6 is 0 Å². The lowest BCUT2D eigenvalue weighted by Gasteiger charge is -2.15. The summed E-state index contributed by atoms with van der Waals surface area (Å²) in [7, 11) is 0. The Balaban J connectivity index is 2.70. The molecule has 4 heteroatoms. The molecule has 86 valence electrons. The molecule has 1 unspecified atom stereocenters. The summed E-state index contributed by atoms with van der Waals surface area (Å²) in [5, 5.41) is 20.9. The van der Waals surface area contributed by atoms with E-state index in [2.05, 4.69) is 11.4 Å². The molecular weight excluding hydrogens is 202 g/mol. The maximum absolute atomic E-state index is 8.95. The molecule has 0 fully saturated rings. The third kappa shape index (κ3) is 3.44. The number of aliphatic hydroxyl groups is 1. The predicted octanol–water partition coefficient (Wildman–Crippen LogP) is 1.71. The van der Waals surface area contributed by atoms with Crippen LogP contribution < -0.4 is 11.1 Å². The zero-order valence-electron chi connectivity index (χ0n) is 9.40. The number of nitrogens with two attached hydrogens (primary N) is 1. The minimum absolute atomic E-state index is 0.193. The number of aliphatic hydroxyl groups excluding tert-OH is 1. The van der Waals surface area contributed by atoms with Crippen molar-refractivity contribution in [1.29, 1.82) is 5.26 Å². The molecule has 16 heavy (non-hydrogen) atoms. The second kappa shape index (κ2) is 5.99. The highest BCUT2D eigenvalue weighted by molar-refractivity contribution is 5.63. The van der Waals surface area contributed by atoms with E-state index in [9.17, 15) is 0 Å². The van der Waals surface area contributed by atoms with Crippen LogP contribution in [0.4, 0.5) is 11.4 Å². The summed E-state index contributed by atoms with van der Waals surface area (Å²) in [4.78, 5) is 0. The zero-order valence-corrected chi connectivity index (χ0v) is 9.40. The lowest BCUT2D eigenvalue weighted by molar-refractivity contribution is 0.282. The molecular formula is C12H17N3O. The Bertz CT molecular complexity index is 384. The highest BCUT2D eigenvalue weighted by atomic mass is 16.2. The molecule has 1 aromatic rings. The summed E-state index contributed by atoms with van der Waals surface area (Å²) in [6.07, 6.45) is 1.62. The van der Waals surface area contributed by atoms with E-state index < -0.39 is 0 Å². The fourth-order valence-electron chi connectivity index (χ4n) is 1.52. The van der Waals surface area contributed by atoms with Gasteiger partial charge in [-0.15, -0.1) is 0 Å². The maximum atomic E-state index is 8.95. The van der Waals surface area contributed by atoms with Crippen LogP contribution in [0.3, 0.4) is 0 Å². The van der Waals surface area contributed by atoms with Gasteiger partial charge in [-0.05, 0) is 38.0 Å². The van der Waals surface area contributed by atoms with Crippen molar-refractivity contribution in [3.05, 3.63) is 23.8 Å². The van der Waals surface area contributed by atoms with Gasteiger partial charge in [-0.25, -0.2) is 0 Å². The molecule has 4 N–H and O–H groups in total. The Kier molecular flexibility index (Phi) is 4.62. The van der Waals surface area contributed by atoms with Crippen molar-refractivity contribution in [2.24, 2.45) is 0 Å². The number of nitriles is 1. The monoisotopic (exact) mass is 219 g/mol. The molecule has 1 atom stereocenters. The maximum Gasteiger partial charge on any atom is 0.101 e. The van der Waals surface area contributed by atoms with E-state index >= 15 is 0 Å². The second-order valence-electron chi connectivity index (χ2n) is 3.83. The molecule has 0 aliphatic heterocycles. The largest absolute Gasteiger partial charge is 0.399 e. The number of hydrogen-bond acceptors (Lipinski definition) is 4. The SMILES string of the molecule is CC(CCCO)Nc1ccc(N)cc1C#N. The number of anilines is 2. The third-order valence-electron chi connectivity index (χ3n) is 2.36. The van der Waals surface area contributed by atoms with E-state index in [0.29, 0.717) is 11.3 Å². The Hall–Kier alpha value is -1.73. The quantitative estimate of drug-likeness (QED) is 0.658. The van der Waals surface area contributed by atoms with E-state index in [1.165, 1.54) is 0 Å². The van der Waals surface area contributed by atoms with E-state index in [1.807, 2.05) is 13.0 Å². The second-order valence-corrected chi connectivity index (χ2v) is 3.83. The number of rotatable bonds is 5. The minimum atomic E-state index is 0.193. The summed E-state index contributed by atoms with van der Waals surface area (Å²) in [5.41, 5.74) is 7.54. The summed E-state index contributed by atoms with van der Waals surface area (Å²) < 4.78 is 0. The molecule has 1 rings (SSSR count). The van der Waals surface area contributed by atoms with Crippen molar-refractivity contribution in [3.8, 4) is 6.07 Å². The smallest absolute Gasteiger partial charge is 0.101 e. The van der Waals surface area contributed by atoms with E-state index in [1.54, 1.807) is 12.1 Å². The number of nitrogen functional groups attached to an aromatic ring is 1. The summed E-state index contributed by atoms with van der Waals surface area (Å²) in [6.45, 7) is 2.21. The normalized spacial score (nSPS) is 11.8. The standard InChI is InChI=1S/C12H17N3O/c1-9(3-2-6-16)15-12-5-4-11(14)7-10(12)8-13/h4-5,7,9,15-16H,2-3,6,14H2,1H3. The van der Waals surface area contributed by atoms with Gasteiger partial charge in [0, 0.05) is 18.3 Å². The van der Waals surface area contributed by atoms with Gasteiger partial charge in [0.2, 0.25) is 0 Å². The number of benzene rings is 1. The van der Waals surface area contributed by atoms with Gasteiger partial charge >= 0.3 is 0 Å². The lowest BCUT2D eigenvalue weighted by atomic mass is 10.1. The highest BCUT2D eigenvalue weighted by Crippen LogP contribution is 2.19. The van der Waals surface area contributed by atoms with Gasteiger partial charge in [-0.2, -0.15) is 5.26 Å². The van der Waals surface area contributed by atoms with Crippen molar-refractivity contribution in [3.63, 3.8) is 0 Å². The number of hydrogen-bond donors (Lipinski definition) is 3. The van der Waals surface area contributed by atoms with Crippen LogP contribution in [0.25, 0.3) is 0 Å². The zero-order chi connectivity index (χ0) is 12.0. The topological polar surface area (TPSA) is 82.1 Å². The first-order valence-electron chi connectivity index (χ1n) is 5.34. The molecule has 0 saturated carbocycles. The van der Waals surface area contributed by atoms with Crippen molar-refractivity contribution in [2.45, 2.75) is 25.8 Å². The average Bonchev–Trinajstić information content (AvgIpc) is 2.28. The van der Waals surface area contributed by atoms with Crippen LogP contribution in [-0.2, 0) is 0 Å². The Morgan fingerprint density at radius 2 is 2.31 bits per heavy atom. The van der Waals surface area contributed by atoms with Gasteiger partial charge in [0.05, 0.1) is 11.3 Å². The van der Waals surface area contributed by atoms with Crippen molar-refractivity contribution >= 4 is 11.4 Å². The first kappa shape index (κ1) is 12.3. The molecule has 1 aromatic carbocycles. The fraction of sp³-hybridized carbons (Fsp3) is 0.417. The van der Waals surface area contributed by atoms with Crippen LogP contribution in [0.5, 0.6) is 0 Å². The molecule has 4 nitrogen and oxygen atoms in total. The Morgan fingerprint density at radius 3 is 2.94 bits per heavy atom. The van der Waals surface area contributed by atoms with E-state index in [-0.39, 0.29) is 12.6 Å². The van der Waals surface area contributed by atoms with Gasteiger partial charge < -0.3 is 16.2 Å². The van der Waals surface area contributed by atoms with Gasteiger partial charge in [0.1, 0.15) is 6.07 Å². The molecule has 0 radical (unpaired) electrons. The molecule has 0 aliphatic carbocycles. The Labute approximate surface area is 95.7 Å². The average molecular weight is 219 g/mol. The molecule has 0 bridgehead atoms. The van der Waals surface area contributed by atoms with Crippen LogP contribution in [0.15, 0.2) is 18.2 Å². The number of nitrogens with zero attached hydrogens (tertiary/aromatic N) is 1. The van der Waals surface area contributed by atoms with Crippen LogP contribution in [-0.4, -0.2) is 17.8 Å². The third-order valence-corrected chi connectivity index (χ3v) is 2.36. The minimum Gasteiger partial charge on any atom is -0.399 e. The predicted molar refractivity (Wildman–Crippen MR) is 65.0 cm³/mol. The van der Waals surface area contributed by atoms with E-state index in [4.69, 9.17) is 16.1 Å². The first-order valence-corrected chi connectivity index (χ1v) is 5.34.